The lowest BCUT2D eigenvalue weighted by Crippen LogP contribution is -2.59. The predicted molar refractivity (Wildman–Crippen MR) is 105 cm³/mol. The Morgan fingerprint density at radius 1 is 1.26 bits per heavy atom. The number of benzene rings is 1. The Kier molecular flexibility index (Phi) is 6.86. The zero-order valence-electron chi connectivity index (χ0n) is 18.3. The van der Waals surface area contributed by atoms with Crippen LogP contribution in [0.3, 0.4) is 0 Å². The van der Waals surface area contributed by atoms with Crippen LogP contribution in [0, 0.1) is 18.6 Å². The molecule has 1 saturated heterocycles. The van der Waals surface area contributed by atoms with E-state index in [4.69, 9.17) is 9.47 Å². The number of aryl methyl sites for hydroxylation is 1. The van der Waals surface area contributed by atoms with Crippen molar-refractivity contribution in [3.8, 4) is 5.75 Å². The first-order valence-corrected chi connectivity index (χ1v) is 9.80. The zero-order chi connectivity index (χ0) is 25.6. The average molecular weight is 498 g/mol. The number of nitrogens with zero attached hydrogens (tertiary/aromatic N) is 2. The van der Waals surface area contributed by atoms with Gasteiger partial charge in [-0.2, -0.15) is 31.4 Å². The second-order valence-electron chi connectivity index (χ2n) is 7.86. The zero-order valence-corrected chi connectivity index (χ0v) is 18.3. The van der Waals surface area contributed by atoms with Crippen molar-refractivity contribution >= 4 is 11.6 Å². The number of nitrogens with one attached hydrogen (secondary N) is 2. The second-order valence-corrected chi connectivity index (χ2v) is 7.86. The lowest BCUT2D eigenvalue weighted by molar-refractivity contribution is -0.212. The predicted octanol–water partition coefficient (Wildman–Crippen LogP) is 3.90. The van der Waals surface area contributed by atoms with Gasteiger partial charge in [-0.3, -0.25) is 10.1 Å². The van der Waals surface area contributed by atoms with E-state index in [2.05, 4.69) is 15.7 Å². The molecule has 0 saturated carbocycles. The molecule has 14 heteroatoms. The maximum Gasteiger partial charge on any atom is 0.408 e. The van der Waals surface area contributed by atoms with Crippen LogP contribution in [0.1, 0.15) is 30.6 Å². The van der Waals surface area contributed by atoms with Gasteiger partial charge in [0.2, 0.25) is 11.7 Å². The topological polar surface area (TPSA) is 77.4 Å². The molecule has 1 amide bonds. The minimum atomic E-state index is -4.94. The molecular weight excluding hydrogens is 477 g/mol. The molecule has 34 heavy (non-hydrogen) atoms. The van der Waals surface area contributed by atoms with Crippen LogP contribution in [0.15, 0.2) is 18.3 Å². The molecule has 3 rings (SSSR count). The molecule has 4 atom stereocenters. The van der Waals surface area contributed by atoms with Crippen molar-refractivity contribution < 1.29 is 45.0 Å². The maximum absolute atomic E-state index is 14.4. The van der Waals surface area contributed by atoms with Crippen LogP contribution < -0.4 is 15.4 Å². The highest BCUT2D eigenvalue weighted by Gasteiger charge is 2.66. The molecule has 1 aromatic carbocycles. The Labute approximate surface area is 189 Å². The van der Waals surface area contributed by atoms with Gasteiger partial charge in [0.1, 0.15) is 5.54 Å². The summed E-state index contributed by atoms with van der Waals surface area (Å²) in [6, 6.07) is -0.0304. The van der Waals surface area contributed by atoms with Gasteiger partial charge in [0.15, 0.2) is 11.6 Å². The van der Waals surface area contributed by atoms with Crippen LogP contribution in [-0.4, -0.2) is 53.8 Å². The number of alkyl halides is 5. The summed E-state index contributed by atoms with van der Waals surface area (Å²) in [6.45, 7) is -0.947. The number of aromatic nitrogens is 2. The van der Waals surface area contributed by atoms with E-state index in [1.165, 1.54) is 6.92 Å². The number of carbonyl (C=O) groups excluding carboxylic acids is 1. The fourth-order valence-corrected chi connectivity index (χ4v) is 4.16. The fraction of sp³-hybridized carbons (Fsp3) is 0.500. The van der Waals surface area contributed by atoms with E-state index in [1.807, 2.05) is 0 Å². The molecular formula is C20H21F7N4O3. The number of carbonyl (C=O) groups is 1. The molecule has 1 aliphatic heterocycles. The summed E-state index contributed by atoms with van der Waals surface area (Å²) < 4.78 is 107. The summed E-state index contributed by atoms with van der Waals surface area (Å²) in [4.78, 5) is 13.1. The fourth-order valence-electron chi connectivity index (χ4n) is 4.16. The van der Waals surface area contributed by atoms with Crippen LogP contribution in [-0.2, 0) is 9.53 Å². The lowest BCUT2D eigenvalue weighted by Gasteiger charge is -2.34. The quantitative estimate of drug-likeness (QED) is 0.591. The number of anilines is 1. The largest absolute Gasteiger partial charge is 0.493 e. The normalized spacial score (nSPS) is 25.1. The van der Waals surface area contributed by atoms with Gasteiger partial charge < -0.3 is 14.8 Å². The van der Waals surface area contributed by atoms with Crippen LogP contribution in [0.25, 0.3) is 0 Å². The molecule has 188 valence electrons. The van der Waals surface area contributed by atoms with Crippen LogP contribution in [0.4, 0.5) is 36.4 Å². The van der Waals surface area contributed by atoms with Gasteiger partial charge in [0.05, 0.1) is 36.8 Å². The summed E-state index contributed by atoms with van der Waals surface area (Å²) >= 11 is 0. The Morgan fingerprint density at radius 2 is 1.91 bits per heavy atom. The highest BCUT2D eigenvalue weighted by molar-refractivity contribution is 5.96. The Hall–Kier alpha value is -2.87. The van der Waals surface area contributed by atoms with Gasteiger partial charge >= 0.3 is 12.7 Å². The summed E-state index contributed by atoms with van der Waals surface area (Å²) in [7, 11) is 1.97. The second kappa shape index (κ2) is 9.06. The van der Waals surface area contributed by atoms with Gasteiger partial charge in [0, 0.05) is 18.6 Å². The Bertz CT molecular complexity index is 1080. The molecule has 0 radical (unpaired) electrons. The molecule has 0 unspecified atom stereocenters. The Morgan fingerprint density at radius 3 is 2.41 bits per heavy atom. The minimum absolute atomic E-state index is 0.0181. The van der Waals surface area contributed by atoms with Crippen molar-refractivity contribution in [2.24, 2.45) is 0 Å². The van der Waals surface area contributed by atoms with Gasteiger partial charge in [-0.25, -0.2) is 9.07 Å². The maximum atomic E-state index is 14.4. The van der Waals surface area contributed by atoms with E-state index in [-0.39, 0.29) is 21.6 Å². The van der Waals surface area contributed by atoms with Crippen LogP contribution in [0.2, 0.25) is 0 Å². The standard InChI is InChI=1S/C20H21F7N4O3/c1-8-11(7-31(30-8)18(23)24)28-17(32)14-12(9-5-6-10(21)13(22)15(9)33-3)16(34-4)19(2,29-14)20(25,26)27/h5-7,12,14,16,18,29H,1-4H3,(H,28,32)/t12-,14+,16-,19+/m0/s1. The average Bonchev–Trinajstić information content (AvgIpc) is 3.27. The summed E-state index contributed by atoms with van der Waals surface area (Å²) in [5.41, 5.74) is -3.24. The third kappa shape index (κ3) is 4.19. The molecule has 0 aliphatic carbocycles. The highest BCUT2D eigenvalue weighted by Crippen LogP contribution is 2.49. The number of rotatable bonds is 6. The third-order valence-electron chi connectivity index (χ3n) is 5.85. The van der Waals surface area contributed by atoms with E-state index in [0.717, 1.165) is 33.4 Å². The van der Waals surface area contributed by atoms with Crippen molar-refractivity contribution in [3.05, 3.63) is 41.2 Å². The number of methoxy groups -OCH3 is 2. The number of halogens is 7. The van der Waals surface area contributed by atoms with E-state index >= 15 is 0 Å². The molecule has 1 aromatic heterocycles. The van der Waals surface area contributed by atoms with Gasteiger partial charge in [-0.05, 0) is 19.9 Å². The molecule has 0 bridgehead atoms. The molecule has 7 nitrogen and oxygen atoms in total. The molecule has 2 heterocycles. The first-order chi connectivity index (χ1) is 15.8. The van der Waals surface area contributed by atoms with Gasteiger partial charge in [-0.1, -0.05) is 6.07 Å². The number of ether oxygens (including phenoxy) is 2. The minimum Gasteiger partial charge on any atom is -0.493 e. The summed E-state index contributed by atoms with van der Waals surface area (Å²) in [5, 5.41) is 8.01. The molecule has 1 fully saturated rings. The van der Waals surface area contributed by atoms with Crippen LogP contribution >= 0.6 is 0 Å². The van der Waals surface area contributed by atoms with E-state index in [9.17, 15) is 35.5 Å². The smallest absolute Gasteiger partial charge is 0.408 e. The number of amides is 1. The van der Waals surface area contributed by atoms with Crippen molar-refractivity contribution in [1.29, 1.82) is 0 Å². The first kappa shape index (κ1) is 25.7. The third-order valence-corrected chi connectivity index (χ3v) is 5.85. The van der Waals surface area contributed by atoms with Crippen molar-refractivity contribution in [2.45, 2.75) is 50.2 Å². The van der Waals surface area contributed by atoms with Gasteiger partial charge in [0.25, 0.3) is 0 Å². The van der Waals surface area contributed by atoms with E-state index in [0.29, 0.717) is 6.07 Å². The molecule has 1 aliphatic rings. The SMILES string of the molecule is COc1c([C@H]2[C@H](C(=O)Nc3cn(C(F)F)nc3C)N[C@@](C)(C(F)(F)F)[C@H]2OC)ccc(F)c1F. The van der Waals surface area contributed by atoms with Crippen molar-refractivity contribution in [1.82, 2.24) is 15.1 Å². The highest BCUT2D eigenvalue weighted by atomic mass is 19.4. The molecule has 2 N–H and O–H groups in total. The van der Waals surface area contributed by atoms with Crippen molar-refractivity contribution in [3.63, 3.8) is 0 Å². The summed E-state index contributed by atoms with van der Waals surface area (Å²) in [5.74, 6) is -6.05. The summed E-state index contributed by atoms with van der Waals surface area (Å²) in [6.07, 6.45) is -5.91. The molecule has 2 aromatic rings. The number of hydrogen-bond acceptors (Lipinski definition) is 5. The van der Waals surface area contributed by atoms with E-state index in [1.54, 1.807) is 0 Å². The monoisotopic (exact) mass is 498 g/mol. The van der Waals surface area contributed by atoms with E-state index < -0.39 is 59.6 Å². The number of hydrogen-bond donors (Lipinski definition) is 2. The van der Waals surface area contributed by atoms with Crippen LogP contribution in [0.5, 0.6) is 5.75 Å². The van der Waals surface area contributed by atoms with Gasteiger partial charge in [-0.15, -0.1) is 0 Å². The Balaban J connectivity index is 2.12. The van der Waals surface area contributed by atoms with Crippen molar-refractivity contribution in [2.75, 3.05) is 19.5 Å². The lowest BCUT2D eigenvalue weighted by atomic mass is 9.82. The first-order valence-electron chi connectivity index (χ1n) is 9.80. The molecule has 0 spiro atoms.